The van der Waals surface area contributed by atoms with Gasteiger partial charge >= 0.3 is 0 Å². The standard InChI is InChI=1S/C9H14N2O2S/c1-2-7-3-4-8(14-7)5-11-13-6-9(10)12/h3-4,11H,2,5-6H2,1H3,(H2,10,12). The molecule has 0 aromatic carbocycles. The summed E-state index contributed by atoms with van der Waals surface area (Å²) in [4.78, 5) is 17.7. The molecule has 0 saturated heterocycles. The Balaban J connectivity index is 2.21. The molecule has 0 aliphatic carbocycles. The van der Waals surface area contributed by atoms with Gasteiger partial charge in [0.05, 0.1) is 6.54 Å². The van der Waals surface area contributed by atoms with Gasteiger partial charge in [-0.25, -0.2) is 0 Å². The molecule has 1 aromatic heterocycles. The maximum absolute atomic E-state index is 10.3. The Morgan fingerprint density at radius 3 is 2.86 bits per heavy atom. The molecule has 78 valence electrons. The maximum atomic E-state index is 10.3. The van der Waals surface area contributed by atoms with E-state index in [2.05, 4.69) is 18.5 Å². The zero-order chi connectivity index (χ0) is 10.4. The molecule has 1 heterocycles. The number of hydrogen-bond donors (Lipinski definition) is 2. The predicted molar refractivity (Wildman–Crippen MR) is 55.7 cm³/mol. The van der Waals surface area contributed by atoms with Crippen molar-refractivity contribution in [1.29, 1.82) is 0 Å². The van der Waals surface area contributed by atoms with Crippen LogP contribution in [-0.2, 0) is 22.6 Å². The van der Waals surface area contributed by atoms with E-state index in [1.807, 2.05) is 6.07 Å². The minimum atomic E-state index is -0.474. The smallest absolute Gasteiger partial charge is 0.245 e. The van der Waals surface area contributed by atoms with Gasteiger partial charge in [0.15, 0.2) is 0 Å². The first kappa shape index (κ1) is 11.2. The van der Waals surface area contributed by atoms with Crippen LogP contribution in [0.25, 0.3) is 0 Å². The molecule has 0 atom stereocenters. The number of amides is 1. The highest BCUT2D eigenvalue weighted by Crippen LogP contribution is 2.16. The molecule has 1 aromatic rings. The molecular weight excluding hydrogens is 200 g/mol. The van der Waals surface area contributed by atoms with Gasteiger partial charge < -0.3 is 5.73 Å². The van der Waals surface area contributed by atoms with E-state index in [0.717, 1.165) is 6.42 Å². The van der Waals surface area contributed by atoms with Crippen LogP contribution in [0.5, 0.6) is 0 Å². The summed E-state index contributed by atoms with van der Waals surface area (Å²) >= 11 is 1.73. The molecule has 5 heteroatoms. The fraction of sp³-hybridized carbons (Fsp3) is 0.444. The van der Waals surface area contributed by atoms with Crippen molar-refractivity contribution in [2.75, 3.05) is 6.61 Å². The summed E-state index contributed by atoms with van der Waals surface area (Å²) in [6.07, 6.45) is 1.05. The number of carbonyl (C=O) groups is 1. The summed E-state index contributed by atoms with van der Waals surface area (Å²) in [6.45, 7) is 2.64. The number of thiophene rings is 1. The first-order valence-electron chi connectivity index (χ1n) is 4.43. The van der Waals surface area contributed by atoms with E-state index in [1.165, 1.54) is 9.75 Å². The molecule has 0 spiro atoms. The average Bonchev–Trinajstić information content (AvgIpc) is 2.60. The Bertz CT molecular complexity index is 299. The number of hydrogen-bond acceptors (Lipinski definition) is 4. The van der Waals surface area contributed by atoms with E-state index in [1.54, 1.807) is 11.3 Å². The van der Waals surface area contributed by atoms with Gasteiger partial charge in [0.25, 0.3) is 0 Å². The Hall–Kier alpha value is -0.910. The summed E-state index contributed by atoms with van der Waals surface area (Å²) in [7, 11) is 0. The van der Waals surface area contributed by atoms with E-state index < -0.39 is 5.91 Å². The summed E-state index contributed by atoms with van der Waals surface area (Å²) in [5, 5.41) is 0. The second kappa shape index (κ2) is 5.74. The number of rotatable bonds is 6. The topological polar surface area (TPSA) is 64.3 Å². The van der Waals surface area contributed by atoms with E-state index in [0.29, 0.717) is 6.54 Å². The minimum Gasteiger partial charge on any atom is -0.368 e. The second-order valence-corrected chi connectivity index (χ2v) is 4.05. The molecule has 0 radical (unpaired) electrons. The van der Waals surface area contributed by atoms with E-state index in [-0.39, 0.29) is 6.61 Å². The third kappa shape index (κ3) is 3.87. The van der Waals surface area contributed by atoms with Crippen molar-refractivity contribution in [2.24, 2.45) is 5.73 Å². The van der Waals surface area contributed by atoms with Gasteiger partial charge in [-0.2, -0.15) is 5.48 Å². The van der Waals surface area contributed by atoms with Crippen molar-refractivity contribution < 1.29 is 9.63 Å². The first-order chi connectivity index (χ1) is 6.72. The second-order valence-electron chi connectivity index (χ2n) is 2.80. The summed E-state index contributed by atoms with van der Waals surface area (Å²) in [5.74, 6) is -0.474. The maximum Gasteiger partial charge on any atom is 0.245 e. The van der Waals surface area contributed by atoms with Gasteiger partial charge in [0.2, 0.25) is 5.91 Å². The van der Waals surface area contributed by atoms with Crippen LogP contribution in [0.15, 0.2) is 12.1 Å². The van der Waals surface area contributed by atoms with Crippen LogP contribution in [0.1, 0.15) is 16.7 Å². The summed E-state index contributed by atoms with van der Waals surface area (Å²) < 4.78 is 0. The van der Waals surface area contributed by atoms with Crippen LogP contribution >= 0.6 is 11.3 Å². The number of primary amides is 1. The third-order valence-electron chi connectivity index (χ3n) is 1.63. The van der Waals surface area contributed by atoms with Gasteiger partial charge in [0, 0.05) is 9.75 Å². The Morgan fingerprint density at radius 2 is 2.29 bits per heavy atom. The number of hydroxylamine groups is 1. The van der Waals surface area contributed by atoms with Crippen LogP contribution in [0.4, 0.5) is 0 Å². The quantitative estimate of drug-likeness (QED) is 0.544. The molecule has 14 heavy (non-hydrogen) atoms. The Morgan fingerprint density at radius 1 is 1.57 bits per heavy atom. The van der Waals surface area contributed by atoms with Gasteiger partial charge in [-0.3, -0.25) is 9.63 Å². The lowest BCUT2D eigenvalue weighted by Crippen LogP contribution is -2.24. The molecule has 0 unspecified atom stereocenters. The zero-order valence-corrected chi connectivity index (χ0v) is 8.89. The molecule has 1 rings (SSSR count). The molecule has 0 aliphatic heterocycles. The SMILES string of the molecule is CCc1ccc(CNOCC(N)=O)s1. The lowest BCUT2D eigenvalue weighted by molar-refractivity contribution is -0.125. The highest BCUT2D eigenvalue weighted by Gasteiger charge is 1.98. The van der Waals surface area contributed by atoms with Crippen molar-refractivity contribution in [3.8, 4) is 0 Å². The van der Waals surface area contributed by atoms with Crippen molar-refractivity contribution in [3.63, 3.8) is 0 Å². The summed E-state index contributed by atoms with van der Waals surface area (Å²) in [5.41, 5.74) is 7.58. The largest absolute Gasteiger partial charge is 0.368 e. The van der Waals surface area contributed by atoms with Gasteiger partial charge in [-0.15, -0.1) is 11.3 Å². The van der Waals surface area contributed by atoms with Crippen molar-refractivity contribution in [3.05, 3.63) is 21.9 Å². The molecule has 0 saturated carbocycles. The van der Waals surface area contributed by atoms with Crippen LogP contribution in [0.2, 0.25) is 0 Å². The van der Waals surface area contributed by atoms with Crippen LogP contribution in [0.3, 0.4) is 0 Å². The molecule has 0 bridgehead atoms. The fourth-order valence-electron chi connectivity index (χ4n) is 0.952. The minimum absolute atomic E-state index is 0.0913. The van der Waals surface area contributed by atoms with E-state index in [9.17, 15) is 4.79 Å². The lowest BCUT2D eigenvalue weighted by Gasteiger charge is -2.01. The van der Waals surface area contributed by atoms with Crippen molar-refractivity contribution in [2.45, 2.75) is 19.9 Å². The number of carbonyl (C=O) groups excluding carboxylic acids is 1. The van der Waals surface area contributed by atoms with Crippen molar-refractivity contribution in [1.82, 2.24) is 5.48 Å². The lowest BCUT2D eigenvalue weighted by atomic mass is 10.4. The molecule has 1 amide bonds. The first-order valence-corrected chi connectivity index (χ1v) is 5.24. The van der Waals surface area contributed by atoms with E-state index >= 15 is 0 Å². The van der Waals surface area contributed by atoms with Crippen LogP contribution in [-0.4, -0.2) is 12.5 Å². The highest BCUT2D eigenvalue weighted by molar-refractivity contribution is 7.11. The average molecular weight is 214 g/mol. The third-order valence-corrected chi connectivity index (χ3v) is 2.86. The fourth-order valence-corrected chi connectivity index (χ4v) is 1.84. The predicted octanol–water partition coefficient (Wildman–Crippen LogP) is 0.817. The summed E-state index contributed by atoms with van der Waals surface area (Å²) in [6, 6.07) is 4.14. The Labute approximate surface area is 87.0 Å². The van der Waals surface area contributed by atoms with Crippen LogP contribution < -0.4 is 11.2 Å². The molecule has 0 fully saturated rings. The number of nitrogens with one attached hydrogen (secondary N) is 1. The Kier molecular flexibility index (Phi) is 4.58. The van der Waals surface area contributed by atoms with Gasteiger partial charge in [0.1, 0.15) is 6.61 Å². The monoisotopic (exact) mass is 214 g/mol. The molecule has 3 N–H and O–H groups in total. The molecular formula is C9H14N2O2S. The van der Waals surface area contributed by atoms with Gasteiger partial charge in [-0.1, -0.05) is 6.92 Å². The molecule has 4 nitrogen and oxygen atoms in total. The zero-order valence-electron chi connectivity index (χ0n) is 8.08. The van der Waals surface area contributed by atoms with Crippen molar-refractivity contribution >= 4 is 17.2 Å². The van der Waals surface area contributed by atoms with E-state index in [4.69, 9.17) is 10.6 Å². The van der Waals surface area contributed by atoms with Crippen LogP contribution in [0, 0.1) is 0 Å². The number of nitrogens with two attached hydrogens (primary N) is 1. The normalized spacial score (nSPS) is 10.4. The highest BCUT2D eigenvalue weighted by atomic mass is 32.1. The number of aryl methyl sites for hydroxylation is 1. The van der Waals surface area contributed by atoms with Gasteiger partial charge in [-0.05, 0) is 18.6 Å². The molecule has 0 aliphatic rings.